The molecule has 0 saturated carbocycles. The molecule has 2 heterocycles. The monoisotopic (exact) mass is 485 g/mol. The molecular weight excluding hydrogens is 450 g/mol. The number of carbonyl (C=O) groups is 3. The Balaban J connectivity index is 1.67. The van der Waals surface area contributed by atoms with E-state index in [0.29, 0.717) is 0 Å². The summed E-state index contributed by atoms with van der Waals surface area (Å²) in [7, 11) is 1.65. The molecule has 0 spiro atoms. The van der Waals surface area contributed by atoms with Crippen molar-refractivity contribution in [1.29, 1.82) is 0 Å². The Hall–Kier alpha value is -3.24. The van der Waals surface area contributed by atoms with Crippen molar-refractivity contribution in [2.45, 2.75) is 58.8 Å². The quantitative estimate of drug-likeness (QED) is 0.437. The normalized spacial score (nSPS) is 18.9. The van der Waals surface area contributed by atoms with E-state index in [-0.39, 0.29) is 43.8 Å². The molecule has 1 aromatic carbocycles. The van der Waals surface area contributed by atoms with Crippen molar-refractivity contribution in [3.63, 3.8) is 0 Å². The summed E-state index contributed by atoms with van der Waals surface area (Å²) >= 11 is 0. The second kappa shape index (κ2) is 11.0. The highest BCUT2D eigenvalue weighted by Crippen LogP contribution is 2.26. The van der Waals surface area contributed by atoms with E-state index in [1.54, 1.807) is 13.3 Å². The minimum atomic E-state index is -0.836. The minimum Gasteiger partial charge on any atom is -0.391 e. The molecule has 3 unspecified atom stereocenters. The maximum atomic E-state index is 13.4. The highest BCUT2D eigenvalue weighted by atomic mass is 16.5. The Labute approximate surface area is 205 Å². The van der Waals surface area contributed by atoms with Crippen molar-refractivity contribution in [3.05, 3.63) is 41.8 Å². The summed E-state index contributed by atoms with van der Waals surface area (Å²) in [6, 6.07) is 6.01. The van der Waals surface area contributed by atoms with Crippen LogP contribution < -0.4 is 16.0 Å². The lowest BCUT2D eigenvalue weighted by Gasteiger charge is -2.35. The van der Waals surface area contributed by atoms with Crippen molar-refractivity contribution in [1.82, 2.24) is 26.0 Å². The molecule has 190 valence electrons. The maximum Gasteiger partial charge on any atom is 0.246 e. The van der Waals surface area contributed by atoms with Gasteiger partial charge in [-0.1, -0.05) is 50.2 Å². The van der Waals surface area contributed by atoms with Crippen LogP contribution in [0.3, 0.4) is 0 Å². The number of carbonyl (C=O) groups excluding carboxylic acids is 3. The fourth-order valence-corrected chi connectivity index (χ4v) is 4.17. The van der Waals surface area contributed by atoms with Gasteiger partial charge in [0.25, 0.3) is 0 Å². The Morgan fingerprint density at radius 1 is 1.23 bits per heavy atom. The molecule has 3 atom stereocenters. The molecule has 0 bridgehead atoms. The van der Waals surface area contributed by atoms with Crippen LogP contribution in [0.25, 0.3) is 11.1 Å². The molecule has 1 saturated heterocycles. The van der Waals surface area contributed by atoms with E-state index in [0.717, 1.165) is 22.4 Å². The number of likely N-dealkylation sites (tertiary alicyclic amines) is 1. The van der Waals surface area contributed by atoms with E-state index in [4.69, 9.17) is 4.52 Å². The molecule has 0 aliphatic carbocycles. The van der Waals surface area contributed by atoms with Gasteiger partial charge in [-0.25, -0.2) is 0 Å². The first kappa shape index (κ1) is 26.4. The number of benzene rings is 1. The van der Waals surface area contributed by atoms with Crippen LogP contribution in [-0.2, 0) is 20.9 Å². The first-order valence-corrected chi connectivity index (χ1v) is 11.7. The third-order valence-electron chi connectivity index (χ3n) is 6.10. The number of likely N-dealkylation sites (N-methyl/N-ethyl adjacent to an activating group) is 1. The summed E-state index contributed by atoms with van der Waals surface area (Å²) in [5.74, 6) is -1.04. The van der Waals surface area contributed by atoms with Crippen LogP contribution >= 0.6 is 0 Å². The molecule has 2 aromatic rings. The van der Waals surface area contributed by atoms with Gasteiger partial charge in [-0.15, -0.1) is 0 Å². The van der Waals surface area contributed by atoms with Crippen molar-refractivity contribution < 1.29 is 24.0 Å². The second-order valence-corrected chi connectivity index (χ2v) is 10.0. The molecule has 1 fully saturated rings. The van der Waals surface area contributed by atoms with E-state index in [1.165, 1.54) is 4.90 Å². The third kappa shape index (κ3) is 6.46. The number of aliphatic hydroxyl groups excluding tert-OH is 1. The van der Waals surface area contributed by atoms with E-state index in [2.05, 4.69) is 21.1 Å². The predicted molar refractivity (Wildman–Crippen MR) is 130 cm³/mol. The largest absolute Gasteiger partial charge is 0.391 e. The standard InChI is InChI=1S/C25H35N5O5/c1-15-19(14-35-29-15)17-8-6-16(7-9-17)11-27-23(33)20-10-18(31)13-30(20)24(34)22(25(2,3)4)28-21(32)12-26-5/h6-9,14,18,20,22,26,31H,10-13H2,1-5H3,(H,27,33)(H,28,32). The van der Waals surface area contributed by atoms with Crippen LogP contribution in [-0.4, -0.2) is 71.2 Å². The number of nitrogens with one attached hydrogen (secondary N) is 3. The summed E-state index contributed by atoms with van der Waals surface area (Å²) in [6.45, 7) is 7.80. The summed E-state index contributed by atoms with van der Waals surface area (Å²) in [5, 5.41) is 22.6. The van der Waals surface area contributed by atoms with Crippen molar-refractivity contribution in [3.8, 4) is 11.1 Å². The van der Waals surface area contributed by atoms with Gasteiger partial charge in [0.1, 0.15) is 18.3 Å². The number of hydrogen-bond donors (Lipinski definition) is 4. The number of aliphatic hydroxyl groups is 1. The summed E-state index contributed by atoms with van der Waals surface area (Å²) < 4.78 is 4.99. The zero-order valence-electron chi connectivity index (χ0n) is 20.9. The lowest BCUT2D eigenvalue weighted by Crippen LogP contribution is -2.58. The summed E-state index contributed by atoms with van der Waals surface area (Å²) in [5.41, 5.74) is 2.97. The molecule has 4 N–H and O–H groups in total. The van der Waals surface area contributed by atoms with E-state index >= 15 is 0 Å². The van der Waals surface area contributed by atoms with Gasteiger partial charge in [0.2, 0.25) is 17.7 Å². The smallest absolute Gasteiger partial charge is 0.246 e. The zero-order chi connectivity index (χ0) is 25.8. The molecule has 10 nitrogen and oxygen atoms in total. The van der Waals surface area contributed by atoms with Gasteiger partial charge in [0.15, 0.2) is 0 Å². The highest BCUT2D eigenvalue weighted by molar-refractivity contribution is 5.93. The number of hydrogen-bond acceptors (Lipinski definition) is 7. The number of rotatable bonds is 8. The number of nitrogens with zero attached hydrogens (tertiary/aromatic N) is 2. The van der Waals surface area contributed by atoms with Crippen LogP contribution in [0.4, 0.5) is 0 Å². The van der Waals surface area contributed by atoms with Gasteiger partial charge in [-0.2, -0.15) is 0 Å². The average molecular weight is 486 g/mol. The molecule has 10 heteroatoms. The molecule has 35 heavy (non-hydrogen) atoms. The van der Waals surface area contributed by atoms with Crippen LogP contribution in [0, 0.1) is 12.3 Å². The fourth-order valence-electron chi connectivity index (χ4n) is 4.17. The minimum absolute atomic E-state index is 0.0399. The van der Waals surface area contributed by atoms with Crippen LogP contribution in [0.2, 0.25) is 0 Å². The van der Waals surface area contributed by atoms with Crippen LogP contribution in [0.5, 0.6) is 0 Å². The SMILES string of the molecule is CNCC(=O)NC(C(=O)N1CC(O)CC1C(=O)NCc1ccc(-c2conc2C)cc1)C(C)(C)C. The Bertz CT molecular complexity index is 1040. The number of aryl methyl sites for hydroxylation is 1. The number of β-amino-alcohol motifs (C(OH)–C–C–N with tert-alkyl or cyclic N) is 1. The lowest BCUT2D eigenvalue weighted by molar-refractivity contribution is -0.143. The summed E-state index contributed by atoms with van der Waals surface area (Å²) in [4.78, 5) is 40.0. The van der Waals surface area contributed by atoms with Gasteiger partial charge in [-0.3, -0.25) is 14.4 Å². The average Bonchev–Trinajstić information content (AvgIpc) is 3.40. The van der Waals surface area contributed by atoms with Gasteiger partial charge >= 0.3 is 0 Å². The third-order valence-corrected chi connectivity index (χ3v) is 6.10. The van der Waals surface area contributed by atoms with E-state index in [1.807, 2.05) is 52.0 Å². The van der Waals surface area contributed by atoms with Gasteiger partial charge in [0.05, 0.1) is 18.3 Å². The molecule has 0 radical (unpaired) electrons. The Morgan fingerprint density at radius 3 is 2.49 bits per heavy atom. The number of amides is 3. The first-order valence-electron chi connectivity index (χ1n) is 11.7. The maximum absolute atomic E-state index is 13.4. The fraction of sp³-hybridized carbons (Fsp3) is 0.520. The molecule has 1 aromatic heterocycles. The second-order valence-electron chi connectivity index (χ2n) is 10.0. The number of aromatic nitrogens is 1. The Morgan fingerprint density at radius 2 is 1.91 bits per heavy atom. The van der Waals surface area contributed by atoms with Gasteiger partial charge in [0, 0.05) is 25.1 Å². The van der Waals surface area contributed by atoms with Crippen molar-refractivity contribution in [2.75, 3.05) is 20.1 Å². The highest BCUT2D eigenvalue weighted by Gasteiger charge is 2.44. The van der Waals surface area contributed by atoms with Crippen LogP contribution in [0.1, 0.15) is 38.4 Å². The molecular formula is C25H35N5O5. The Kier molecular flexibility index (Phi) is 8.29. The first-order chi connectivity index (χ1) is 16.5. The zero-order valence-corrected chi connectivity index (χ0v) is 20.9. The summed E-state index contributed by atoms with van der Waals surface area (Å²) in [6.07, 6.45) is 0.925. The molecule has 1 aliphatic rings. The van der Waals surface area contributed by atoms with Crippen molar-refractivity contribution in [2.24, 2.45) is 5.41 Å². The molecule has 3 amide bonds. The van der Waals surface area contributed by atoms with Crippen LogP contribution in [0.15, 0.2) is 35.1 Å². The lowest BCUT2D eigenvalue weighted by atomic mass is 9.85. The van der Waals surface area contributed by atoms with E-state index in [9.17, 15) is 19.5 Å². The van der Waals surface area contributed by atoms with Crippen molar-refractivity contribution >= 4 is 17.7 Å². The molecule has 3 rings (SSSR count). The van der Waals surface area contributed by atoms with Gasteiger partial charge < -0.3 is 30.5 Å². The molecule has 1 aliphatic heterocycles. The van der Waals surface area contributed by atoms with E-state index < -0.39 is 23.6 Å². The predicted octanol–water partition coefficient (Wildman–Crippen LogP) is 0.978. The van der Waals surface area contributed by atoms with Gasteiger partial charge in [-0.05, 0) is 30.5 Å². The topological polar surface area (TPSA) is 137 Å².